The van der Waals surface area contributed by atoms with Crippen LogP contribution in [0.5, 0.6) is 5.75 Å². The van der Waals surface area contributed by atoms with E-state index in [1.54, 1.807) is 0 Å². The maximum Gasteiger partial charge on any atom is 0.133 e. The second kappa shape index (κ2) is 5.35. The summed E-state index contributed by atoms with van der Waals surface area (Å²) in [5, 5.41) is 0. The summed E-state index contributed by atoms with van der Waals surface area (Å²) < 4.78 is 18.6. The monoisotopic (exact) mass is 259 g/mol. The first-order valence-corrected chi connectivity index (χ1v) is 5.30. The largest absolute Gasteiger partial charge is 0.493 e. The van der Waals surface area contributed by atoms with E-state index >= 15 is 0 Å². The summed E-state index contributed by atoms with van der Waals surface area (Å²) in [4.78, 5) is 0. The molecule has 0 bridgehead atoms. The van der Waals surface area contributed by atoms with Gasteiger partial charge in [0.2, 0.25) is 0 Å². The van der Waals surface area contributed by atoms with Crippen molar-refractivity contribution in [2.75, 3.05) is 13.3 Å². The van der Waals surface area contributed by atoms with E-state index in [2.05, 4.69) is 22.9 Å². The van der Waals surface area contributed by atoms with Crippen LogP contribution in [0.2, 0.25) is 0 Å². The second-order valence-electron chi connectivity index (χ2n) is 2.94. The Hall–Kier alpha value is -0.570. The molecule has 0 saturated heterocycles. The van der Waals surface area contributed by atoms with Crippen LogP contribution < -0.4 is 4.74 Å². The van der Waals surface area contributed by atoms with Crippen LogP contribution in [0.25, 0.3) is 0 Å². The Bertz CT molecular complexity index is 301. The highest BCUT2D eigenvalue weighted by Crippen LogP contribution is 2.33. The molecule has 1 rings (SSSR count). The quantitative estimate of drug-likeness (QED) is 0.801. The Kier molecular flexibility index (Phi) is 4.39. The van der Waals surface area contributed by atoms with Crippen molar-refractivity contribution in [1.82, 2.24) is 0 Å². The van der Waals surface area contributed by atoms with Gasteiger partial charge in [-0.05, 0) is 41.4 Å². The molecule has 0 aromatic heterocycles. The van der Waals surface area contributed by atoms with Crippen molar-refractivity contribution in [3.8, 4) is 5.75 Å². The molecular weight excluding hydrogens is 247 g/mol. The Balaban J connectivity index is 3.00. The highest BCUT2D eigenvalue weighted by atomic mass is 79.9. The van der Waals surface area contributed by atoms with Gasteiger partial charge in [-0.25, -0.2) is 0 Å². The van der Waals surface area contributed by atoms with Gasteiger partial charge in [-0.3, -0.25) is 4.39 Å². The zero-order valence-electron chi connectivity index (χ0n) is 8.09. The first kappa shape index (κ1) is 11.5. The fraction of sp³-hybridized carbons (Fsp3) is 0.364. The normalized spacial score (nSPS) is 12.6. The molecule has 1 unspecified atom stereocenters. The number of alkyl halides is 1. The topological polar surface area (TPSA) is 9.23 Å². The highest BCUT2D eigenvalue weighted by Gasteiger charge is 2.12. The predicted molar refractivity (Wildman–Crippen MR) is 59.4 cm³/mol. The van der Waals surface area contributed by atoms with Crippen LogP contribution in [0.15, 0.2) is 22.7 Å². The molecule has 1 atom stereocenters. The lowest BCUT2D eigenvalue weighted by Gasteiger charge is -2.13. The van der Waals surface area contributed by atoms with Gasteiger partial charge in [-0.15, -0.1) is 0 Å². The predicted octanol–water partition coefficient (Wildman–Crippen LogP) is 3.73. The third-order valence-electron chi connectivity index (χ3n) is 1.92. The number of benzene rings is 1. The Morgan fingerprint density at radius 1 is 1.57 bits per heavy atom. The molecule has 0 heterocycles. The van der Waals surface area contributed by atoms with Crippen molar-refractivity contribution in [1.29, 1.82) is 0 Å². The molecule has 0 saturated carbocycles. The van der Waals surface area contributed by atoms with E-state index in [1.807, 2.05) is 25.1 Å². The van der Waals surface area contributed by atoms with Crippen molar-refractivity contribution in [3.63, 3.8) is 0 Å². The number of ether oxygens (including phenoxy) is 1. The summed E-state index contributed by atoms with van der Waals surface area (Å²) in [6.07, 6.45) is 0. The fourth-order valence-corrected chi connectivity index (χ4v) is 1.90. The third-order valence-corrected chi connectivity index (χ3v) is 2.77. The van der Waals surface area contributed by atoms with Crippen LogP contribution in [0.3, 0.4) is 0 Å². The Morgan fingerprint density at radius 2 is 2.29 bits per heavy atom. The number of hydrogen-bond donors (Lipinski definition) is 0. The molecule has 1 nitrogen and oxygen atoms in total. The summed E-state index contributed by atoms with van der Waals surface area (Å²) in [6, 6.07) is 5.55. The molecule has 0 N–H and O–H groups in total. The maximum absolute atomic E-state index is 12.4. The lowest BCUT2D eigenvalue weighted by molar-refractivity contribution is 0.337. The van der Waals surface area contributed by atoms with Gasteiger partial charge < -0.3 is 4.74 Å². The van der Waals surface area contributed by atoms with Crippen LogP contribution in [-0.2, 0) is 0 Å². The van der Waals surface area contributed by atoms with E-state index < -0.39 is 6.67 Å². The number of rotatable bonds is 4. The van der Waals surface area contributed by atoms with Crippen LogP contribution in [0.4, 0.5) is 4.39 Å². The van der Waals surface area contributed by atoms with Crippen molar-refractivity contribution in [2.45, 2.75) is 12.8 Å². The molecular formula is C11H13BrFO. The molecule has 0 fully saturated rings. The van der Waals surface area contributed by atoms with E-state index in [0.29, 0.717) is 6.61 Å². The molecule has 0 aliphatic rings. The summed E-state index contributed by atoms with van der Waals surface area (Å²) in [5.41, 5.74) is 0.846. The van der Waals surface area contributed by atoms with Gasteiger partial charge in [0.25, 0.3) is 0 Å². The zero-order valence-corrected chi connectivity index (χ0v) is 9.68. The van der Waals surface area contributed by atoms with Crippen molar-refractivity contribution in [3.05, 3.63) is 35.2 Å². The minimum atomic E-state index is -0.464. The second-order valence-corrected chi connectivity index (χ2v) is 3.74. The summed E-state index contributed by atoms with van der Waals surface area (Å²) in [7, 11) is 0. The van der Waals surface area contributed by atoms with Crippen molar-refractivity contribution < 1.29 is 9.13 Å². The van der Waals surface area contributed by atoms with Gasteiger partial charge in [-0.1, -0.05) is 12.1 Å². The van der Waals surface area contributed by atoms with Gasteiger partial charge in [-0.2, -0.15) is 0 Å². The SMILES string of the molecule is [CH2]C(CF)c1cccc(OCC)c1Br. The highest BCUT2D eigenvalue weighted by molar-refractivity contribution is 9.10. The van der Waals surface area contributed by atoms with Crippen molar-refractivity contribution >= 4 is 15.9 Å². The minimum absolute atomic E-state index is 0.343. The molecule has 0 aliphatic carbocycles. The van der Waals surface area contributed by atoms with E-state index in [0.717, 1.165) is 15.8 Å². The van der Waals surface area contributed by atoms with E-state index in [-0.39, 0.29) is 5.92 Å². The summed E-state index contributed by atoms with van der Waals surface area (Å²) in [6.45, 7) is 5.77. The van der Waals surface area contributed by atoms with Crippen molar-refractivity contribution in [2.24, 2.45) is 0 Å². The first-order chi connectivity index (χ1) is 6.70. The summed E-state index contributed by atoms with van der Waals surface area (Å²) in [5.74, 6) is 0.400. The van der Waals surface area contributed by atoms with E-state index in [1.165, 1.54) is 0 Å². The minimum Gasteiger partial charge on any atom is -0.493 e. The molecule has 0 spiro atoms. The van der Waals surface area contributed by atoms with Crippen LogP contribution in [0, 0.1) is 6.92 Å². The molecule has 1 aromatic carbocycles. The first-order valence-electron chi connectivity index (χ1n) is 4.51. The molecule has 1 radical (unpaired) electrons. The standard InChI is InChI=1S/C11H13BrFO/c1-3-14-10-6-4-5-9(11(10)12)8(2)7-13/h4-6,8H,2-3,7H2,1H3. The van der Waals surface area contributed by atoms with E-state index in [9.17, 15) is 4.39 Å². The van der Waals surface area contributed by atoms with E-state index in [4.69, 9.17) is 4.74 Å². The van der Waals surface area contributed by atoms with Crippen LogP contribution in [-0.4, -0.2) is 13.3 Å². The zero-order chi connectivity index (χ0) is 10.6. The lowest BCUT2D eigenvalue weighted by atomic mass is 10.0. The van der Waals surface area contributed by atoms with Gasteiger partial charge >= 0.3 is 0 Å². The molecule has 0 aliphatic heterocycles. The smallest absolute Gasteiger partial charge is 0.133 e. The average molecular weight is 260 g/mol. The molecule has 1 aromatic rings. The van der Waals surface area contributed by atoms with Gasteiger partial charge in [0.1, 0.15) is 5.75 Å². The molecule has 14 heavy (non-hydrogen) atoms. The van der Waals surface area contributed by atoms with Gasteiger partial charge in [0.05, 0.1) is 17.8 Å². The average Bonchev–Trinajstić information content (AvgIpc) is 2.20. The van der Waals surface area contributed by atoms with Gasteiger partial charge in [0, 0.05) is 5.92 Å². The summed E-state index contributed by atoms with van der Waals surface area (Å²) >= 11 is 3.39. The van der Waals surface area contributed by atoms with Crippen LogP contribution >= 0.6 is 15.9 Å². The number of halogens is 2. The fourth-order valence-electron chi connectivity index (χ4n) is 1.19. The maximum atomic E-state index is 12.4. The lowest BCUT2D eigenvalue weighted by Crippen LogP contribution is -2.00. The van der Waals surface area contributed by atoms with Gasteiger partial charge in [0.15, 0.2) is 0 Å². The number of hydrogen-bond acceptors (Lipinski definition) is 1. The Labute approximate surface area is 92.4 Å². The molecule has 3 heteroatoms. The van der Waals surface area contributed by atoms with Crippen LogP contribution in [0.1, 0.15) is 18.4 Å². The third kappa shape index (κ3) is 2.47. The Morgan fingerprint density at radius 3 is 2.86 bits per heavy atom. The molecule has 77 valence electrons. The molecule has 0 amide bonds.